The van der Waals surface area contributed by atoms with Gasteiger partial charge in [0.2, 0.25) is 5.88 Å². The third-order valence-electron chi connectivity index (χ3n) is 3.77. The molecule has 106 valence electrons. The topological polar surface area (TPSA) is 38.3 Å². The molecule has 2 unspecified atom stereocenters. The van der Waals surface area contributed by atoms with Crippen molar-refractivity contribution in [2.45, 2.75) is 50.4 Å². The molecule has 4 nitrogen and oxygen atoms in total. The second kappa shape index (κ2) is 6.55. The number of anilines is 1. The van der Waals surface area contributed by atoms with Gasteiger partial charge in [0.25, 0.3) is 0 Å². The summed E-state index contributed by atoms with van der Waals surface area (Å²) in [6.45, 7) is 4.63. The van der Waals surface area contributed by atoms with E-state index in [0.29, 0.717) is 23.4 Å². The highest BCUT2D eigenvalue weighted by Gasteiger charge is 2.28. The first kappa shape index (κ1) is 14.6. The third-order valence-corrected chi connectivity index (χ3v) is 4.84. The Hall–Kier alpha value is -0.840. The summed E-state index contributed by atoms with van der Waals surface area (Å²) < 4.78 is 5.55. The molecule has 1 heterocycles. The van der Waals surface area contributed by atoms with Crippen LogP contribution in [0, 0.1) is 6.92 Å². The van der Waals surface area contributed by atoms with E-state index in [0.717, 1.165) is 11.4 Å². The number of aromatic nitrogens is 2. The molecule has 0 saturated heterocycles. The molecule has 1 aliphatic rings. The van der Waals surface area contributed by atoms with E-state index in [9.17, 15) is 0 Å². The van der Waals surface area contributed by atoms with Crippen LogP contribution in [0.3, 0.4) is 0 Å². The monoisotopic (exact) mass is 327 g/mol. The van der Waals surface area contributed by atoms with E-state index in [4.69, 9.17) is 4.74 Å². The number of halogens is 1. The molecule has 19 heavy (non-hydrogen) atoms. The lowest BCUT2D eigenvalue weighted by Gasteiger charge is -2.36. The van der Waals surface area contributed by atoms with Crippen molar-refractivity contribution in [2.75, 3.05) is 18.6 Å². The van der Waals surface area contributed by atoms with Crippen molar-refractivity contribution in [3.63, 3.8) is 0 Å². The number of ether oxygens (including phenoxy) is 1. The van der Waals surface area contributed by atoms with Crippen LogP contribution in [0.4, 0.5) is 5.82 Å². The lowest BCUT2D eigenvalue weighted by atomic mass is 9.94. The molecule has 1 fully saturated rings. The van der Waals surface area contributed by atoms with Gasteiger partial charge in [0.15, 0.2) is 0 Å². The van der Waals surface area contributed by atoms with Crippen molar-refractivity contribution in [3.05, 3.63) is 11.9 Å². The highest BCUT2D eigenvalue weighted by Crippen LogP contribution is 2.32. The van der Waals surface area contributed by atoms with E-state index in [1.165, 1.54) is 25.7 Å². The number of nitrogens with zero attached hydrogens (tertiary/aromatic N) is 3. The zero-order valence-electron chi connectivity index (χ0n) is 11.9. The fourth-order valence-electron chi connectivity index (χ4n) is 2.72. The van der Waals surface area contributed by atoms with Crippen molar-refractivity contribution in [1.29, 1.82) is 0 Å². The van der Waals surface area contributed by atoms with Crippen LogP contribution in [-0.4, -0.2) is 34.5 Å². The maximum atomic E-state index is 5.55. The molecule has 1 saturated carbocycles. The van der Waals surface area contributed by atoms with E-state index < -0.39 is 0 Å². The van der Waals surface area contributed by atoms with Crippen LogP contribution in [0.5, 0.6) is 5.88 Å². The van der Waals surface area contributed by atoms with E-state index in [2.05, 4.69) is 37.8 Å². The van der Waals surface area contributed by atoms with Gasteiger partial charge in [-0.05, 0) is 26.7 Å². The van der Waals surface area contributed by atoms with Crippen LogP contribution < -0.4 is 9.64 Å². The Morgan fingerprint density at radius 2 is 2.11 bits per heavy atom. The first-order valence-corrected chi connectivity index (χ1v) is 7.88. The third kappa shape index (κ3) is 3.19. The second-order valence-electron chi connectivity index (χ2n) is 5.04. The SMILES string of the molecule is CCOc1ncnc(N(C)C2CCCCC2Br)c1C. The van der Waals surface area contributed by atoms with E-state index in [1.54, 1.807) is 6.33 Å². The standard InChI is InChI=1S/C14H22BrN3O/c1-4-19-14-10(2)13(16-9-17-14)18(3)12-8-6-5-7-11(12)15/h9,11-12H,4-8H2,1-3H3. The predicted octanol–water partition coefficient (Wildman–Crippen LogP) is 3.33. The normalized spacial score (nSPS) is 23.2. The molecule has 0 bridgehead atoms. The number of alkyl halides is 1. The van der Waals surface area contributed by atoms with E-state index in [-0.39, 0.29) is 0 Å². The first-order chi connectivity index (χ1) is 9.15. The van der Waals surface area contributed by atoms with Gasteiger partial charge in [-0.25, -0.2) is 9.97 Å². The van der Waals surface area contributed by atoms with Crippen LogP contribution in [0.25, 0.3) is 0 Å². The summed E-state index contributed by atoms with van der Waals surface area (Å²) in [5.41, 5.74) is 1.03. The van der Waals surface area contributed by atoms with Crippen LogP contribution in [0.15, 0.2) is 6.33 Å². The first-order valence-electron chi connectivity index (χ1n) is 6.96. The average molecular weight is 328 g/mol. The maximum absolute atomic E-state index is 5.55. The molecule has 0 aliphatic heterocycles. The minimum atomic E-state index is 0.497. The summed E-state index contributed by atoms with van der Waals surface area (Å²) in [5, 5.41) is 0. The van der Waals surface area contributed by atoms with Crippen LogP contribution in [0.2, 0.25) is 0 Å². The Morgan fingerprint density at radius 1 is 1.37 bits per heavy atom. The lowest BCUT2D eigenvalue weighted by Crippen LogP contribution is -2.41. The van der Waals surface area contributed by atoms with Crippen molar-refractivity contribution in [1.82, 2.24) is 9.97 Å². The van der Waals surface area contributed by atoms with Crippen molar-refractivity contribution < 1.29 is 4.74 Å². The van der Waals surface area contributed by atoms with Crippen molar-refractivity contribution in [2.24, 2.45) is 0 Å². The molecule has 0 radical (unpaired) electrons. The number of hydrogen-bond donors (Lipinski definition) is 0. The fourth-order valence-corrected chi connectivity index (χ4v) is 3.67. The van der Waals surface area contributed by atoms with Gasteiger partial charge in [-0.3, -0.25) is 0 Å². The Bertz CT molecular complexity index is 427. The summed E-state index contributed by atoms with van der Waals surface area (Å²) in [6.07, 6.45) is 6.64. The lowest BCUT2D eigenvalue weighted by molar-refractivity contribution is 0.323. The van der Waals surface area contributed by atoms with Gasteiger partial charge in [0.1, 0.15) is 12.1 Å². The molecule has 1 aromatic heterocycles. The van der Waals surface area contributed by atoms with Gasteiger partial charge in [-0.1, -0.05) is 28.8 Å². The van der Waals surface area contributed by atoms with Crippen molar-refractivity contribution in [3.8, 4) is 5.88 Å². The molecule has 5 heteroatoms. The smallest absolute Gasteiger partial charge is 0.221 e. The molecule has 0 spiro atoms. The van der Waals surface area contributed by atoms with Crippen molar-refractivity contribution >= 4 is 21.7 Å². The molecule has 0 amide bonds. The quantitative estimate of drug-likeness (QED) is 0.795. The summed E-state index contributed by atoms with van der Waals surface area (Å²) in [7, 11) is 2.12. The summed E-state index contributed by atoms with van der Waals surface area (Å²) in [5.74, 6) is 1.68. The predicted molar refractivity (Wildman–Crippen MR) is 81.3 cm³/mol. The highest BCUT2D eigenvalue weighted by atomic mass is 79.9. The summed E-state index contributed by atoms with van der Waals surface area (Å²) in [6, 6.07) is 0.497. The highest BCUT2D eigenvalue weighted by molar-refractivity contribution is 9.09. The molecule has 1 aromatic rings. The zero-order chi connectivity index (χ0) is 13.8. The molecular weight excluding hydrogens is 306 g/mol. The Morgan fingerprint density at radius 3 is 2.79 bits per heavy atom. The number of rotatable bonds is 4. The minimum absolute atomic E-state index is 0.497. The van der Waals surface area contributed by atoms with Gasteiger partial charge in [-0.2, -0.15) is 0 Å². The van der Waals surface area contributed by atoms with Crippen LogP contribution in [-0.2, 0) is 0 Å². The van der Waals surface area contributed by atoms with E-state index in [1.807, 2.05) is 13.8 Å². The summed E-state index contributed by atoms with van der Waals surface area (Å²) in [4.78, 5) is 11.5. The molecule has 1 aliphatic carbocycles. The fraction of sp³-hybridized carbons (Fsp3) is 0.714. The van der Waals surface area contributed by atoms with Gasteiger partial charge in [0, 0.05) is 17.9 Å². The Labute approximate surface area is 123 Å². The Balaban J connectivity index is 2.22. The number of hydrogen-bond acceptors (Lipinski definition) is 4. The molecular formula is C14H22BrN3O. The van der Waals surface area contributed by atoms with Gasteiger partial charge in [0.05, 0.1) is 12.2 Å². The van der Waals surface area contributed by atoms with Gasteiger partial charge >= 0.3 is 0 Å². The molecule has 0 N–H and O–H groups in total. The van der Waals surface area contributed by atoms with Crippen LogP contribution >= 0.6 is 15.9 Å². The summed E-state index contributed by atoms with van der Waals surface area (Å²) >= 11 is 3.81. The van der Waals surface area contributed by atoms with Crippen LogP contribution in [0.1, 0.15) is 38.2 Å². The van der Waals surface area contributed by atoms with E-state index >= 15 is 0 Å². The maximum Gasteiger partial charge on any atom is 0.221 e. The minimum Gasteiger partial charge on any atom is -0.478 e. The largest absolute Gasteiger partial charge is 0.478 e. The average Bonchev–Trinajstić information content (AvgIpc) is 2.41. The molecule has 2 rings (SSSR count). The molecule has 0 aromatic carbocycles. The second-order valence-corrected chi connectivity index (χ2v) is 6.22. The van der Waals surface area contributed by atoms with Gasteiger partial charge < -0.3 is 9.64 Å². The Kier molecular flexibility index (Phi) is 5.02. The zero-order valence-corrected chi connectivity index (χ0v) is 13.5. The molecule has 2 atom stereocenters. The van der Waals surface area contributed by atoms with Gasteiger partial charge in [-0.15, -0.1) is 0 Å².